The van der Waals surface area contributed by atoms with E-state index in [2.05, 4.69) is 16.7 Å². The fraction of sp³-hybridized carbons (Fsp3) is 0.450. The summed E-state index contributed by atoms with van der Waals surface area (Å²) in [6.45, 7) is 3.16. The number of carbonyl (C=O) groups is 1. The Labute approximate surface area is 153 Å². The SMILES string of the molecule is CCNC(=O)COc1ccc(CNC2CCCc3occc32)cc1OC. The molecule has 0 fully saturated rings. The van der Waals surface area contributed by atoms with Gasteiger partial charge in [0.05, 0.1) is 13.4 Å². The standard InChI is InChI=1S/C20H26N2O4/c1-3-21-20(23)13-26-18-8-7-14(11-19(18)24-2)12-22-16-5-4-6-17-15(16)9-10-25-17/h7-11,16,22H,3-6,12-13H2,1-2H3,(H,21,23). The number of amides is 1. The zero-order chi connectivity index (χ0) is 18.4. The van der Waals surface area contributed by atoms with Gasteiger partial charge in [-0.2, -0.15) is 0 Å². The highest BCUT2D eigenvalue weighted by Crippen LogP contribution is 2.32. The van der Waals surface area contributed by atoms with Crippen molar-refractivity contribution in [2.24, 2.45) is 0 Å². The van der Waals surface area contributed by atoms with Gasteiger partial charge in [0.15, 0.2) is 18.1 Å². The lowest BCUT2D eigenvalue weighted by Gasteiger charge is -2.23. The number of methoxy groups -OCH3 is 1. The van der Waals surface area contributed by atoms with E-state index in [1.54, 1.807) is 13.4 Å². The van der Waals surface area contributed by atoms with Crippen LogP contribution >= 0.6 is 0 Å². The molecule has 1 aromatic heterocycles. The predicted octanol–water partition coefficient (Wildman–Crippen LogP) is 2.97. The van der Waals surface area contributed by atoms with Crippen LogP contribution in [0.2, 0.25) is 0 Å². The Bertz CT molecular complexity index is 741. The highest BCUT2D eigenvalue weighted by molar-refractivity contribution is 5.77. The second kappa shape index (κ2) is 8.76. The number of fused-ring (bicyclic) bond motifs is 1. The van der Waals surface area contributed by atoms with Gasteiger partial charge in [-0.1, -0.05) is 6.07 Å². The third-order valence-electron chi connectivity index (χ3n) is 4.57. The van der Waals surface area contributed by atoms with Crippen LogP contribution in [0.25, 0.3) is 0 Å². The van der Waals surface area contributed by atoms with E-state index < -0.39 is 0 Å². The van der Waals surface area contributed by atoms with Crippen LogP contribution in [-0.2, 0) is 17.8 Å². The first-order valence-corrected chi connectivity index (χ1v) is 9.07. The number of likely N-dealkylation sites (N-methyl/N-ethyl adjacent to an activating group) is 1. The molecule has 0 bridgehead atoms. The Morgan fingerprint density at radius 2 is 2.19 bits per heavy atom. The smallest absolute Gasteiger partial charge is 0.257 e. The van der Waals surface area contributed by atoms with Crippen molar-refractivity contribution in [1.82, 2.24) is 10.6 Å². The lowest BCUT2D eigenvalue weighted by molar-refractivity contribution is -0.123. The van der Waals surface area contributed by atoms with Crippen LogP contribution in [0.3, 0.4) is 0 Å². The summed E-state index contributed by atoms with van der Waals surface area (Å²) in [7, 11) is 1.60. The summed E-state index contributed by atoms with van der Waals surface area (Å²) in [6.07, 6.45) is 5.03. The summed E-state index contributed by atoms with van der Waals surface area (Å²) in [6, 6.07) is 8.16. The molecule has 0 spiro atoms. The molecule has 0 radical (unpaired) electrons. The molecule has 1 atom stereocenters. The third kappa shape index (κ3) is 4.38. The van der Waals surface area contributed by atoms with E-state index in [4.69, 9.17) is 13.9 Å². The number of aryl methyl sites for hydroxylation is 1. The molecule has 3 rings (SSSR count). The predicted molar refractivity (Wildman–Crippen MR) is 98.4 cm³/mol. The molecule has 6 heteroatoms. The molecule has 1 heterocycles. The molecular formula is C20H26N2O4. The minimum absolute atomic E-state index is 0.0207. The van der Waals surface area contributed by atoms with Gasteiger partial charge in [0, 0.05) is 31.1 Å². The quantitative estimate of drug-likeness (QED) is 0.759. The fourth-order valence-electron chi connectivity index (χ4n) is 3.27. The van der Waals surface area contributed by atoms with Crippen LogP contribution < -0.4 is 20.1 Å². The van der Waals surface area contributed by atoms with Crippen molar-refractivity contribution >= 4 is 5.91 Å². The summed E-state index contributed by atoms with van der Waals surface area (Å²) in [5, 5.41) is 6.30. The molecule has 1 aromatic carbocycles. The maximum absolute atomic E-state index is 11.5. The Morgan fingerprint density at radius 3 is 3.00 bits per heavy atom. The monoisotopic (exact) mass is 358 g/mol. The molecule has 1 amide bonds. The molecule has 1 aliphatic rings. The zero-order valence-electron chi connectivity index (χ0n) is 15.3. The van der Waals surface area contributed by atoms with Crippen molar-refractivity contribution in [1.29, 1.82) is 0 Å². The van der Waals surface area contributed by atoms with Crippen molar-refractivity contribution in [3.05, 3.63) is 47.4 Å². The van der Waals surface area contributed by atoms with Gasteiger partial charge in [-0.05, 0) is 43.5 Å². The second-order valence-electron chi connectivity index (χ2n) is 6.35. The molecule has 0 aliphatic heterocycles. The lowest BCUT2D eigenvalue weighted by atomic mass is 9.93. The molecule has 0 saturated carbocycles. The van der Waals surface area contributed by atoms with E-state index in [9.17, 15) is 4.79 Å². The van der Waals surface area contributed by atoms with Crippen molar-refractivity contribution in [3.8, 4) is 11.5 Å². The first-order chi connectivity index (χ1) is 12.7. The molecule has 2 N–H and O–H groups in total. The summed E-state index contributed by atoms with van der Waals surface area (Å²) < 4.78 is 16.5. The molecular weight excluding hydrogens is 332 g/mol. The third-order valence-corrected chi connectivity index (χ3v) is 4.57. The topological polar surface area (TPSA) is 72.7 Å². The largest absolute Gasteiger partial charge is 0.493 e. The molecule has 1 unspecified atom stereocenters. The minimum Gasteiger partial charge on any atom is -0.493 e. The fourth-order valence-corrected chi connectivity index (χ4v) is 3.27. The number of ether oxygens (including phenoxy) is 2. The van der Waals surface area contributed by atoms with E-state index in [-0.39, 0.29) is 12.5 Å². The lowest BCUT2D eigenvalue weighted by Crippen LogP contribution is -2.28. The Kier molecular flexibility index (Phi) is 6.17. The highest BCUT2D eigenvalue weighted by Gasteiger charge is 2.22. The average Bonchev–Trinajstić information content (AvgIpc) is 3.14. The van der Waals surface area contributed by atoms with Crippen LogP contribution in [0.1, 0.15) is 42.7 Å². The van der Waals surface area contributed by atoms with E-state index in [1.165, 1.54) is 5.56 Å². The Morgan fingerprint density at radius 1 is 1.31 bits per heavy atom. The van der Waals surface area contributed by atoms with Gasteiger partial charge in [0.2, 0.25) is 0 Å². The highest BCUT2D eigenvalue weighted by atomic mass is 16.5. The normalized spacial score (nSPS) is 16.0. The van der Waals surface area contributed by atoms with E-state index in [1.807, 2.05) is 25.1 Å². The van der Waals surface area contributed by atoms with Gasteiger partial charge in [-0.3, -0.25) is 4.79 Å². The average molecular weight is 358 g/mol. The van der Waals surface area contributed by atoms with Crippen LogP contribution in [-0.4, -0.2) is 26.2 Å². The van der Waals surface area contributed by atoms with Crippen LogP contribution in [0.5, 0.6) is 11.5 Å². The molecule has 1 aliphatic carbocycles. The summed E-state index contributed by atoms with van der Waals surface area (Å²) in [5.41, 5.74) is 2.37. The number of hydrogen-bond donors (Lipinski definition) is 2. The summed E-state index contributed by atoms with van der Waals surface area (Å²) >= 11 is 0. The van der Waals surface area contributed by atoms with Gasteiger partial charge < -0.3 is 24.5 Å². The summed E-state index contributed by atoms with van der Waals surface area (Å²) in [4.78, 5) is 11.5. The first kappa shape index (κ1) is 18.3. The van der Waals surface area contributed by atoms with Crippen molar-refractivity contribution in [2.45, 2.75) is 38.8 Å². The zero-order valence-corrected chi connectivity index (χ0v) is 15.3. The Hall–Kier alpha value is -2.47. The maximum atomic E-state index is 11.5. The number of furan rings is 1. The van der Waals surface area contributed by atoms with Gasteiger partial charge in [-0.25, -0.2) is 0 Å². The van der Waals surface area contributed by atoms with Crippen molar-refractivity contribution in [2.75, 3.05) is 20.3 Å². The van der Waals surface area contributed by atoms with Gasteiger partial charge >= 0.3 is 0 Å². The van der Waals surface area contributed by atoms with Gasteiger partial charge in [0.1, 0.15) is 5.76 Å². The molecule has 0 saturated heterocycles. The minimum atomic E-state index is -0.145. The van der Waals surface area contributed by atoms with Gasteiger partial charge in [0.25, 0.3) is 5.91 Å². The number of rotatable bonds is 8. The van der Waals surface area contributed by atoms with E-state index in [0.717, 1.165) is 37.1 Å². The first-order valence-electron chi connectivity index (χ1n) is 9.07. The maximum Gasteiger partial charge on any atom is 0.257 e. The van der Waals surface area contributed by atoms with Crippen molar-refractivity contribution in [3.63, 3.8) is 0 Å². The van der Waals surface area contributed by atoms with Gasteiger partial charge in [-0.15, -0.1) is 0 Å². The number of carbonyl (C=O) groups excluding carboxylic acids is 1. The molecule has 26 heavy (non-hydrogen) atoms. The van der Waals surface area contributed by atoms with Crippen LogP contribution in [0.15, 0.2) is 34.9 Å². The molecule has 140 valence electrons. The van der Waals surface area contributed by atoms with Crippen molar-refractivity contribution < 1.29 is 18.7 Å². The number of hydrogen-bond acceptors (Lipinski definition) is 5. The van der Waals surface area contributed by atoms with Crippen LogP contribution in [0.4, 0.5) is 0 Å². The molecule has 2 aromatic rings. The number of benzene rings is 1. The number of nitrogens with one attached hydrogen (secondary N) is 2. The Balaban J connectivity index is 1.60. The molecule has 6 nitrogen and oxygen atoms in total. The summed E-state index contributed by atoms with van der Waals surface area (Å²) in [5.74, 6) is 2.15. The van der Waals surface area contributed by atoms with E-state index >= 15 is 0 Å². The van der Waals surface area contributed by atoms with E-state index in [0.29, 0.717) is 24.1 Å². The van der Waals surface area contributed by atoms with Crippen LogP contribution in [0, 0.1) is 0 Å². The second-order valence-corrected chi connectivity index (χ2v) is 6.35.